The minimum Gasteiger partial charge on any atom is -0.481 e. The van der Waals surface area contributed by atoms with Crippen LogP contribution >= 0.6 is 0 Å². The van der Waals surface area contributed by atoms with E-state index in [0.29, 0.717) is 42.2 Å². The molecule has 0 atom stereocenters. The van der Waals surface area contributed by atoms with Crippen molar-refractivity contribution in [1.29, 1.82) is 0 Å². The first kappa shape index (κ1) is 21.1. The van der Waals surface area contributed by atoms with E-state index in [-0.39, 0.29) is 18.2 Å². The number of benzene rings is 2. The summed E-state index contributed by atoms with van der Waals surface area (Å²) in [5.41, 5.74) is 3.88. The predicted octanol–water partition coefficient (Wildman–Crippen LogP) is 3.23. The van der Waals surface area contributed by atoms with Crippen LogP contribution in [0.2, 0.25) is 0 Å². The van der Waals surface area contributed by atoms with Crippen LogP contribution in [0.15, 0.2) is 42.5 Å². The fourth-order valence-electron chi connectivity index (χ4n) is 4.31. The topological polar surface area (TPSA) is 98.7 Å². The number of nitrogens with one attached hydrogen (secondary N) is 2. The Kier molecular flexibility index (Phi) is 6.32. The molecule has 0 saturated carbocycles. The predicted molar refractivity (Wildman–Crippen MR) is 117 cm³/mol. The van der Waals surface area contributed by atoms with E-state index in [2.05, 4.69) is 10.6 Å². The van der Waals surface area contributed by atoms with Gasteiger partial charge in [0.1, 0.15) is 0 Å². The van der Waals surface area contributed by atoms with Gasteiger partial charge in [-0.3, -0.25) is 14.4 Å². The zero-order chi connectivity index (χ0) is 21.8. The van der Waals surface area contributed by atoms with E-state index in [9.17, 15) is 14.4 Å². The molecule has 7 nitrogen and oxygen atoms in total. The molecule has 4 rings (SSSR count). The van der Waals surface area contributed by atoms with Crippen molar-refractivity contribution in [3.05, 3.63) is 64.7 Å². The first-order valence-corrected chi connectivity index (χ1v) is 10.8. The smallest absolute Gasteiger partial charge is 0.303 e. The van der Waals surface area contributed by atoms with Crippen molar-refractivity contribution in [1.82, 2.24) is 10.2 Å². The number of hydrogen-bond donors (Lipinski definition) is 3. The molecule has 2 aromatic rings. The number of carbonyl (C=O) groups is 3. The molecule has 31 heavy (non-hydrogen) atoms. The van der Waals surface area contributed by atoms with Crippen LogP contribution < -0.4 is 10.6 Å². The Labute approximate surface area is 181 Å². The molecule has 2 heterocycles. The van der Waals surface area contributed by atoms with Crippen molar-refractivity contribution in [2.75, 3.05) is 25.0 Å². The number of amides is 2. The second-order valence-corrected chi connectivity index (χ2v) is 8.20. The number of aliphatic carboxylic acids is 1. The highest BCUT2D eigenvalue weighted by atomic mass is 16.4. The number of fused-ring (bicyclic) bond motifs is 1. The normalized spacial score (nSPS) is 16.3. The van der Waals surface area contributed by atoms with Crippen LogP contribution in [-0.4, -0.2) is 47.4 Å². The summed E-state index contributed by atoms with van der Waals surface area (Å²) >= 11 is 0. The number of piperidine rings is 1. The maximum Gasteiger partial charge on any atom is 0.303 e. The Morgan fingerprint density at radius 3 is 2.55 bits per heavy atom. The summed E-state index contributed by atoms with van der Waals surface area (Å²) in [4.78, 5) is 37.7. The van der Waals surface area contributed by atoms with Crippen molar-refractivity contribution in [2.45, 2.75) is 38.1 Å². The Hall–Kier alpha value is -3.19. The summed E-state index contributed by atoms with van der Waals surface area (Å²) in [6, 6.07) is 13.1. The van der Waals surface area contributed by atoms with Gasteiger partial charge in [0.05, 0.1) is 0 Å². The highest BCUT2D eigenvalue weighted by Gasteiger charge is 2.27. The Morgan fingerprint density at radius 2 is 1.84 bits per heavy atom. The molecule has 0 aliphatic carbocycles. The molecule has 0 aromatic heterocycles. The van der Waals surface area contributed by atoms with Gasteiger partial charge in [-0.25, -0.2) is 0 Å². The molecular formula is C24H27N3O4. The lowest BCUT2D eigenvalue weighted by Crippen LogP contribution is -2.26. The SMILES string of the molecule is O=C(O)CCCN1Cc2ccc(NC(=O)c3ccc(C4CCNCC4)cc3)cc2C1=O. The molecule has 1 saturated heterocycles. The van der Waals surface area contributed by atoms with Crippen molar-refractivity contribution in [2.24, 2.45) is 0 Å². The van der Waals surface area contributed by atoms with Gasteiger partial charge in [0.25, 0.3) is 11.8 Å². The van der Waals surface area contributed by atoms with Gasteiger partial charge in [-0.2, -0.15) is 0 Å². The van der Waals surface area contributed by atoms with E-state index in [1.165, 1.54) is 5.56 Å². The van der Waals surface area contributed by atoms with Gasteiger partial charge >= 0.3 is 5.97 Å². The van der Waals surface area contributed by atoms with Crippen LogP contribution in [-0.2, 0) is 11.3 Å². The van der Waals surface area contributed by atoms with Crippen molar-refractivity contribution in [3.63, 3.8) is 0 Å². The second-order valence-electron chi connectivity index (χ2n) is 8.20. The van der Waals surface area contributed by atoms with Gasteiger partial charge < -0.3 is 20.6 Å². The molecule has 1 fully saturated rings. The van der Waals surface area contributed by atoms with Crippen molar-refractivity contribution >= 4 is 23.5 Å². The lowest BCUT2D eigenvalue weighted by molar-refractivity contribution is -0.137. The van der Waals surface area contributed by atoms with Gasteiger partial charge in [0, 0.05) is 36.3 Å². The maximum atomic E-state index is 12.7. The molecule has 162 valence electrons. The summed E-state index contributed by atoms with van der Waals surface area (Å²) in [7, 11) is 0. The number of carboxylic acid groups (broad SMARTS) is 1. The molecule has 7 heteroatoms. The van der Waals surface area contributed by atoms with E-state index in [1.54, 1.807) is 17.0 Å². The summed E-state index contributed by atoms with van der Waals surface area (Å²) in [6.07, 6.45) is 2.69. The zero-order valence-corrected chi connectivity index (χ0v) is 17.4. The number of carboxylic acids is 1. The largest absolute Gasteiger partial charge is 0.481 e. The number of anilines is 1. The maximum absolute atomic E-state index is 12.7. The first-order valence-electron chi connectivity index (χ1n) is 10.8. The molecule has 2 aromatic carbocycles. The molecule has 0 spiro atoms. The number of carbonyl (C=O) groups excluding carboxylic acids is 2. The fourth-order valence-corrected chi connectivity index (χ4v) is 4.31. The van der Waals surface area contributed by atoms with E-state index >= 15 is 0 Å². The van der Waals surface area contributed by atoms with Crippen LogP contribution in [0.4, 0.5) is 5.69 Å². The summed E-state index contributed by atoms with van der Waals surface area (Å²) in [5.74, 6) is -0.652. The molecule has 0 unspecified atom stereocenters. The number of nitrogens with zero attached hydrogens (tertiary/aromatic N) is 1. The van der Waals surface area contributed by atoms with Gasteiger partial charge in [-0.05, 0) is 73.7 Å². The third kappa shape index (κ3) is 4.94. The second kappa shape index (κ2) is 9.31. The highest BCUT2D eigenvalue weighted by molar-refractivity contribution is 6.05. The van der Waals surface area contributed by atoms with Crippen LogP contribution in [0.1, 0.15) is 63.4 Å². The standard InChI is InChI=1S/C24H27N3O4/c28-22(29)2-1-13-27-15-19-7-8-20(14-21(19)24(27)31)26-23(30)18-5-3-16(4-6-18)17-9-11-25-12-10-17/h3-8,14,17,25H,1-2,9-13,15H2,(H,26,30)(H,28,29). The Morgan fingerprint density at radius 1 is 1.10 bits per heavy atom. The third-order valence-corrected chi connectivity index (χ3v) is 6.05. The monoisotopic (exact) mass is 421 g/mol. The van der Waals surface area contributed by atoms with Crippen LogP contribution in [0.5, 0.6) is 0 Å². The summed E-state index contributed by atoms with van der Waals surface area (Å²) in [6.45, 7) is 2.94. The van der Waals surface area contributed by atoms with Crippen LogP contribution in [0.3, 0.4) is 0 Å². The van der Waals surface area contributed by atoms with Crippen molar-refractivity contribution in [3.8, 4) is 0 Å². The van der Waals surface area contributed by atoms with E-state index < -0.39 is 5.97 Å². The average molecular weight is 421 g/mol. The molecule has 3 N–H and O–H groups in total. The van der Waals surface area contributed by atoms with Gasteiger partial charge in [-0.15, -0.1) is 0 Å². The minimum atomic E-state index is -0.863. The van der Waals surface area contributed by atoms with Gasteiger partial charge in [0.2, 0.25) is 0 Å². The lowest BCUT2D eigenvalue weighted by Gasteiger charge is -2.23. The summed E-state index contributed by atoms with van der Waals surface area (Å²) < 4.78 is 0. The quantitative estimate of drug-likeness (QED) is 0.638. The van der Waals surface area contributed by atoms with E-state index in [0.717, 1.165) is 31.5 Å². The molecule has 2 amide bonds. The average Bonchev–Trinajstić information content (AvgIpc) is 3.09. The Balaban J connectivity index is 1.38. The van der Waals surface area contributed by atoms with Gasteiger partial charge in [-0.1, -0.05) is 18.2 Å². The highest BCUT2D eigenvalue weighted by Crippen LogP contribution is 2.27. The first-order chi connectivity index (χ1) is 15.0. The van der Waals surface area contributed by atoms with Crippen LogP contribution in [0.25, 0.3) is 0 Å². The fraction of sp³-hybridized carbons (Fsp3) is 0.375. The third-order valence-electron chi connectivity index (χ3n) is 6.05. The number of hydrogen-bond acceptors (Lipinski definition) is 4. The minimum absolute atomic E-state index is 0.0395. The van der Waals surface area contributed by atoms with Crippen LogP contribution in [0, 0.1) is 0 Å². The molecule has 0 bridgehead atoms. The zero-order valence-electron chi connectivity index (χ0n) is 17.4. The van der Waals surface area contributed by atoms with Crippen molar-refractivity contribution < 1.29 is 19.5 Å². The molecule has 2 aliphatic heterocycles. The van der Waals surface area contributed by atoms with E-state index in [4.69, 9.17) is 5.11 Å². The molecular weight excluding hydrogens is 394 g/mol. The molecule has 2 aliphatic rings. The number of rotatable bonds is 7. The lowest BCUT2D eigenvalue weighted by atomic mass is 9.90. The van der Waals surface area contributed by atoms with E-state index in [1.807, 2.05) is 30.3 Å². The Bertz CT molecular complexity index is 981. The molecule has 0 radical (unpaired) electrons. The summed E-state index contributed by atoms with van der Waals surface area (Å²) in [5, 5.41) is 15.0. The van der Waals surface area contributed by atoms with Gasteiger partial charge in [0.15, 0.2) is 0 Å².